The van der Waals surface area contributed by atoms with Gasteiger partial charge in [0.25, 0.3) is 0 Å². The maximum atomic E-state index is 11.5. The molecule has 1 aliphatic rings. The van der Waals surface area contributed by atoms with Crippen LogP contribution in [0.3, 0.4) is 0 Å². The smallest absolute Gasteiger partial charge is 0.326 e. The molecule has 1 atom stereocenters. The minimum Gasteiger partial charge on any atom is -0.464 e. The lowest BCUT2D eigenvalue weighted by Crippen LogP contribution is -2.56. The Morgan fingerprint density at radius 2 is 1.85 bits per heavy atom. The van der Waals surface area contributed by atoms with Crippen molar-refractivity contribution >= 4 is 5.97 Å². The molecule has 1 aliphatic heterocycles. The highest BCUT2D eigenvalue weighted by molar-refractivity contribution is 5.84. The van der Waals surface area contributed by atoms with Crippen LogP contribution in [0.25, 0.3) is 0 Å². The maximum Gasteiger partial charge on any atom is 0.326 e. The molecule has 3 heteroatoms. The molecule has 0 amide bonds. The molecular formula is C10H19NO2. The molecule has 1 unspecified atom stereocenters. The Labute approximate surface area is 79.6 Å². The Balaban J connectivity index is 3.04. The summed E-state index contributed by atoms with van der Waals surface area (Å²) in [6.07, 6.45) is 2.46. The molecule has 0 aliphatic carbocycles. The van der Waals surface area contributed by atoms with Crippen LogP contribution in [0.1, 0.15) is 40.0 Å². The van der Waals surface area contributed by atoms with Gasteiger partial charge in [-0.1, -0.05) is 20.8 Å². The van der Waals surface area contributed by atoms with Gasteiger partial charge in [0.15, 0.2) is 0 Å². The lowest BCUT2D eigenvalue weighted by atomic mass is 9.67. The topological polar surface area (TPSA) is 52.3 Å². The molecule has 0 aromatic carbocycles. The average molecular weight is 185 g/mol. The molecule has 1 fully saturated rings. The van der Waals surface area contributed by atoms with E-state index in [1.54, 1.807) is 0 Å². The van der Waals surface area contributed by atoms with Crippen molar-refractivity contribution in [2.24, 2.45) is 11.1 Å². The summed E-state index contributed by atoms with van der Waals surface area (Å²) in [6.45, 7) is 6.58. The lowest BCUT2D eigenvalue weighted by molar-refractivity contribution is -0.142. The minimum absolute atomic E-state index is 0.140. The monoisotopic (exact) mass is 185 g/mol. The highest BCUT2D eigenvalue weighted by Crippen LogP contribution is 2.44. The number of carbonyl (C=O) groups is 1. The minimum atomic E-state index is -0.753. The molecule has 0 aromatic rings. The van der Waals surface area contributed by atoms with Gasteiger partial charge in [-0.15, -0.1) is 0 Å². The zero-order chi connectivity index (χ0) is 10.1. The molecule has 3 nitrogen and oxygen atoms in total. The predicted octanol–water partition coefficient (Wildman–Crippen LogP) is 1.46. The third-order valence-electron chi connectivity index (χ3n) is 3.70. The van der Waals surface area contributed by atoms with Crippen molar-refractivity contribution in [3.05, 3.63) is 0 Å². The fraction of sp³-hybridized carbons (Fsp3) is 0.900. The number of cyclic esters (lactones) is 1. The molecule has 0 bridgehead atoms. The first kappa shape index (κ1) is 10.5. The van der Waals surface area contributed by atoms with E-state index in [4.69, 9.17) is 10.5 Å². The van der Waals surface area contributed by atoms with Crippen molar-refractivity contribution in [3.63, 3.8) is 0 Å². The Morgan fingerprint density at radius 1 is 1.31 bits per heavy atom. The first-order chi connectivity index (χ1) is 6.06. The quantitative estimate of drug-likeness (QED) is 0.677. The normalized spacial score (nSPS) is 31.8. The largest absolute Gasteiger partial charge is 0.464 e. The summed E-state index contributed by atoms with van der Waals surface area (Å²) in [5, 5.41) is 0. The van der Waals surface area contributed by atoms with Crippen LogP contribution in [0.15, 0.2) is 0 Å². The van der Waals surface area contributed by atoms with Crippen molar-refractivity contribution in [2.75, 3.05) is 6.61 Å². The van der Waals surface area contributed by atoms with Gasteiger partial charge in [-0.3, -0.25) is 4.79 Å². The molecule has 76 valence electrons. The van der Waals surface area contributed by atoms with E-state index in [-0.39, 0.29) is 11.4 Å². The second-order valence-electron chi connectivity index (χ2n) is 3.89. The van der Waals surface area contributed by atoms with Crippen LogP contribution in [-0.2, 0) is 9.53 Å². The Kier molecular flexibility index (Phi) is 2.66. The summed E-state index contributed by atoms with van der Waals surface area (Å²) < 4.78 is 5.09. The number of carbonyl (C=O) groups excluding carboxylic acids is 1. The van der Waals surface area contributed by atoms with Gasteiger partial charge < -0.3 is 10.5 Å². The maximum absolute atomic E-state index is 11.5. The highest BCUT2D eigenvalue weighted by atomic mass is 16.5. The molecule has 0 spiro atoms. The zero-order valence-electron chi connectivity index (χ0n) is 8.72. The number of nitrogens with two attached hydrogens (primary N) is 1. The standard InChI is InChI=1S/C10H19NO2/c1-4-9(5-2)7-13-8(12)10(9,11)6-3/h4-7,11H2,1-3H3. The van der Waals surface area contributed by atoms with Crippen LogP contribution >= 0.6 is 0 Å². The Bertz CT molecular complexity index is 211. The number of hydrogen-bond acceptors (Lipinski definition) is 3. The van der Waals surface area contributed by atoms with Crippen molar-refractivity contribution in [3.8, 4) is 0 Å². The molecule has 0 saturated carbocycles. The van der Waals surface area contributed by atoms with Gasteiger partial charge in [-0.25, -0.2) is 0 Å². The van der Waals surface area contributed by atoms with Crippen LogP contribution in [0.5, 0.6) is 0 Å². The summed E-state index contributed by atoms with van der Waals surface area (Å²) >= 11 is 0. The van der Waals surface area contributed by atoms with Gasteiger partial charge in [-0.2, -0.15) is 0 Å². The van der Waals surface area contributed by atoms with E-state index in [0.717, 1.165) is 12.8 Å². The molecule has 1 rings (SSSR count). The molecule has 13 heavy (non-hydrogen) atoms. The van der Waals surface area contributed by atoms with E-state index < -0.39 is 5.54 Å². The summed E-state index contributed by atoms with van der Waals surface area (Å²) in [7, 11) is 0. The molecule has 0 radical (unpaired) electrons. The molecule has 0 aromatic heterocycles. The van der Waals surface area contributed by atoms with Crippen LogP contribution in [0, 0.1) is 5.41 Å². The van der Waals surface area contributed by atoms with Gasteiger partial charge >= 0.3 is 5.97 Å². The van der Waals surface area contributed by atoms with Gasteiger partial charge in [-0.05, 0) is 19.3 Å². The molecule has 1 saturated heterocycles. The summed E-state index contributed by atoms with van der Waals surface area (Å²) in [4.78, 5) is 11.5. The average Bonchev–Trinajstić information content (AvgIpc) is 2.42. The molecule has 2 N–H and O–H groups in total. The van der Waals surface area contributed by atoms with E-state index in [0.29, 0.717) is 13.0 Å². The predicted molar refractivity (Wildman–Crippen MR) is 51.2 cm³/mol. The first-order valence-electron chi connectivity index (χ1n) is 5.02. The van der Waals surface area contributed by atoms with E-state index in [1.165, 1.54) is 0 Å². The van der Waals surface area contributed by atoms with Crippen molar-refractivity contribution in [1.29, 1.82) is 0 Å². The van der Waals surface area contributed by atoms with Gasteiger partial charge in [0.2, 0.25) is 0 Å². The van der Waals surface area contributed by atoms with E-state index in [2.05, 4.69) is 13.8 Å². The lowest BCUT2D eigenvalue weighted by Gasteiger charge is -2.37. The summed E-state index contributed by atoms with van der Waals surface area (Å²) in [5.74, 6) is -0.223. The van der Waals surface area contributed by atoms with Crippen LogP contribution in [0.4, 0.5) is 0 Å². The first-order valence-corrected chi connectivity index (χ1v) is 5.02. The van der Waals surface area contributed by atoms with Crippen molar-refractivity contribution in [1.82, 2.24) is 0 Å². The zero-order valence-corrected chi connectivity index (χ0v) is 8.72. The number of hydrogen-bond donors (Lipinski definition) is 1. The third-order valence-corrected chi connectivity index (χ3v) is 3.70. The Hall–Kier alpha value is -0.570. The molecule has 1 heterocycles. The second kappa shape index (κ2) is 3.29. The fourth-order valence-corrected chi connectivity index (χ4v) is 2.28. The van der Waals surface area contributed by atoms with E-state index >= 15 is 0 Å². The van der Waals surface area contributed by atoms with Gasteiger partial charge in [0, 0.05) is 5.41 Å². The van der Waals surface area contributed by atoms with Gasteiger partial charge in [0.05, 0.1) is 6.61 Å². The number of ether oxygens (including phenoxy) is 1. The fourth-order valence-electron chi connectivity index (χ4n) is 2.28. The van der Waals surface area contributed by atoms with Crippen LogP contribution in [-0.4, -0.2) is 18.1 Å². The van der Waals surface area contributed by atoms with Gasteiger partial charge in [0.1, 0.15) is 5.54 Å². The van der Waals surface area contributed by atoms with E-state index in [9.17, 15) is 4.79 Å². The third kappa shape index (κ3) is 1.17. The number of rotatable bonds is 3. The second-order valence-corrected chi connectivity index (χ2v) is 3.89. The SMILES string of the molecule is CCC1(CC)COC(=O)C1(N)CC. The van der Waals surface area contributed by atoms with Crippen LogP contribution in [0.2, 0.25) is 0 Å². The summed E-state index contributed by atoms with van der Waals surface area (Å²) in [5.41, 5.74) is 5.23. The van der Waals surface area contributed by atoms with Crippen molar-refractivity contribution in [2.45, 2.75) is 45.6 Å². The van der Waals surface area contributed by atoms with Crippen LogP contribution < -0.4 is 5.73 Å². The highest BCUT2D eigenvalue weighted by Gasteiger charge is 2.57. The number of esters is 1. The van der Waals surface area contributed by atoms with E-state index in [1.807, 2.05) is 6.92 Å². The van der Waals surface area contributed by atoms with Crippen molar-refractivity contribution < 1.29 is 9.53 Å². The molecular weight excluding hydrogens is 166 g/mol. The summed E-state index contributed by atoms with van der Waals surface area (Å²) in [6, 6.07) is 0. The Morgan fingerprint density at radius 3 is 2.15 bits per heavy atom.